The molecule has 0 fully saturated rings. The van der Waals surface area contributed by atoms with Crippen LogP contribution in [-0.2, 0) is 0 Å². The van der Waals surface area contributed by atoms with Crippen molar-refractivity contribution in [2.24, 2.45) is 5.73 Å². The van der Waals surface area contributed by atoms with Crippen molar-refractivity contribution in [1.82, 2.24) is 0 Å². The van der Waals surface area contributed by atoms with Gasteiger partial charge in [-0.1, -0.05) is 47.5 Å². The van der Waals surface area contributed by atoms with Crippen LogP contribution in [0.4, 0.5) is 0 Å². The van der Waals surface area contributed by atoms with E-state index in [1.54, 1.807) is 11.8 Å². The first kappa shape index (κ1) is 14.4. The van der Waals surface area contributed by atoms with Gasteiger partial charge in [-0.05, 0) is 37.1 Å². The summed E-state index contributed by atoms with van der Waals surface area (Å²) >= 11 is 8.05. The van der Waals surface area contributed by atoms with Crippen molar-refractivity contribution in [1.29, 1.82) is 0 Å². The van der Waals surface area contributed by atoms with Gasteiger partial charge in [0.05, 0.1) is 0 Å². The predicted molar refractivity (Wildman–Crippen MR) is 85.0 cm³/mol. The van der Waals surface area contributed by atoms with Crippen LogP contribution in [0, 0.1) is 13.8 Å². The topological polar surface area (TPSA) is 26.0 Å². The van der Waals surface area contributed by atoms with Crippen molar-refractivity contribution in [3.8, 4) is 0 Å². The molecule has 1 unspecified atom stereocenters. The van der Waals surface area contributed by atoms with E-state index in [0.29, 0.717) is 6.54 Å². The molecule has 0 aromatic heterocycles. The summed E-state index contributed by atoms with van der Waals surface area (Å²) in [6.45, 7) is 4.81. The Balaban J connectivity index is 2.29. The van der Waals surface area contributed by atoms with Crippen molar-refractivity contribution in [2.75, 3.05) is 6.54 Å². The van der Waals surface area contributed by atoms with Crippen molar-refractivity contribution in [3.05, 3.63) is 64.2 Å². The minimum atomic E-state index is 0.189. The number of aryl methyl sites for hydroxylation is 2. The molecule has 2 aromatic carbocycles. The number of hydrogen-bond donors (Lipinski definition) is 1. The first-order valence-corrected chi connectivity index (χ1v) is 7.56. The molecule has 3 heteroatoms. The fourth-order valence-corrected chi connectivity index (χ4v) is 3.54. The second kappa shape index (κ2) is 6.47. The number of hydrogen-bond acceptors (Lipinski definition) is 2. The largest absolute Gasteiger partial charge is 0.329 e. The van der Waals surface area contributed by atoms with E-state index in [9.17, 15) is 0 Å². The van der Waals surface area contributed by atoms with Gasteiger partial charge >= 0.3 is 0 Å². The highest BCUT2D eigenvalue weighted by Crippen LogP contribution is 2.39. The molecule has 100 valence electrons. The van der Waals surface area contributed by atoms with Gasteiger partial charge in [-0.3, -0.25) is 0 Å². The molecule has 0 heterocycles. The van der Waals surface area contributed by atoms with Gasteiger partial charge in [0, 0.05) is 21.7 Å². The van der Waals surface area contributed by atoms with E-state index >= 15 is 0 Å². The zero-order chi connectivity index (χ0) is 13.8. The average molecular weight is 292 g/mol. The Hall–Kier alpha value is -0.960. The van der Waals surface area contributed by atoms with Gasteiger partial charge in [0.25, 0.3) is 0 Å². The molecule has 0 spiro atoms. The maximum atomic E-state index is 6.27. The highest BCUT2D eigenvalue weighted by Gasteiger charge is 2.15. The van der Waals surface area contributed by atoms with E-state index < -0.39 is 0 Å². The number of benzene rings is 2. The van der Waals surface area contributed by atoms with Crippen LogP contribution in [0.15, 0.2) is 47.4 Å². The van der Waals surface area contributed by atoms with Gasteiger partial charge in [-0.25, -0.2) is 0 Å². The lowest BCUT2D eigenvalue weighted by molar-refractivity contribution is 0.940. The summed E-state index contributed by atoms with van der Waals surface area (Å²) in [7, 11) is 0. The summed E-state index contributed by atoms with van der Waals surface area (Å²) in [5.41, 5.74) is 9.58. The van der Waals surface area contributed by atoms with Crippen LogP contribution in [0.2, 0.25) is 5.02 Å². The fourth-order valence-electron chi connectivity index (χ4n) is 1.96. The number of thioether (sulfide) groups is 1. The van der Waals surface area contributed by atoms with Crippen LogP contribution in [0.25, 0.3) is 0 Å². The van der Waals surface area contributed by atoms with Gasteiger partial charge in [0.2, 0.25) is 0 Å². The SMILES string of the molecule is Cc1ccc(C)c(SC(CN)c2ccccc2Cl)c1. The van der Waals surface area contributed by atoms with Gasteiger partial charge in [-0.2, -0.15) is 0 Å². The first-order chi connectivity index (χ1) is 9.11. The van der Waals surface area contributed by atoms with E-state index in [0.717, 1.165) is 10.6 Å². The Labute approximate surface area is 124 Å². The molecular formula is C16H18ClNS. The Kier molecular flexibility index (Phi) is 4.92. The maximum absolute atomic E-state index is 6.27. The molecule has 0 aliphatic carbocycles. The van der Waals surface area contributed by atoms with Crippen LogP contribution < -0.4 is 5.73 Å². The van der Waals surface area contributed by atoms with Crippen molar-refractivity contribution in [3.63, 3.8) is 0 Å². The third kappa shape index (κ3) is 3.53. The maximum Gasteiger partial charge on any atom is 0.0481 e. The smallest absolute Gasteiger partial charge is 0.0481 e. The molecule has 0 saturated carbocycles. The minimum Gasteiger partial charge on any atom is -0.329 e. The molecule has 1 nitrogen and oxygen atoms in total. The third-order valence-electron chi connectivity index (χ3n) is 3.08. The summed E-state index contributed by atoms with van der Waals surface area (Å²) in [5, 5.41) is 0.977. The average Bonchev–Trinajstić information content (AvgIpc) is 2.41. The van der Waals surface area contributed by atoms with Crippen molar-refractivity contribution < 1.29 is 0 Å². The van der Waals surface area contributed by atoms with E-state index in [1.165, 1.54) is 16.0 Å². The summed E-state index contributed by atoms with van der Waals surface area (Å²) < 4.78 is 0. The van der Waals surface area contributed by atoms with Crippen LogP contribution in [-0.4, -0.2) is 6.54 Å². The van der Waals surface area contributed by atoms with Crippen LogP contribution in [0.1, 0.15) is 21.9 Å². The standard InChI is InChI=1S/C16H18ClNS/c1-11-7-8-12(2)15(9-11)19-16(10-18)13-5-3-4-6-14(13)17/h3-9,16H,10,18H2,1-2H3. The quantitative estimate of drug-likeness (QED) is 0.823. The summed E-state index contributed by atoms with van der Waals surface area (Å²) in [4.78, 5) is 1.27. The summed E-state index contributed by atoms with van der Waals surface area (Å²) in [6.07, 6.45) is 0. The third-order valence-corrected chi connectivity index (χ3v) is 4.85. The number of halogens is 1. The van der Waals surface area contributed by atoms with E-state index in [2.05, 4.69) is 38.1 Å². The molecule has 0 aliphatic heterocycles. The van der Waals surface area contributed by atoms with Crippen LogP contribution in [0.3, 0.4) is 0 Å². The molecule has 0 aliphatic rings. The first-order valence-electron chi connectivity index (χ1n) is 6.30. The van der Waals surface area contributed by atoms with Crippen molar-refractivity contribution >= 4 is 23.4 Å². The Bertz CT molecular complexity index is 568. The molecule has 2 N–H and O–H groups in total. The minimum absolute atomic E-state index is 0.189. The highest BCUT2D eigenvalue weighted by atomic mass is 35.5. The highest BCUT2D eigenvalue weighted by molar-refractivity contribution is 7.99. The molecule has 0 amide bonds. The lowest BCUT2D eigenvalue weighted by atomic mass is 10.1. The molecule has 0 bridgehead atoms. The van der Waals surface area contributed by atoms with E-state index in [1.807, 2.05) is 18.2 Å². The van der Waals surface area contributed by atoms with Crippen LogP contribution >= 0.6 is 23.4 Å². The molecule has 0 radical (unpaired) electrons. The Morgan fingerprint density at radius 3 is 2.58 bits per heavy atom. The molecule has 19 heavy (non-hydrogen) atoms. The van der Waals surface area contributed by atoms with Gasteiger partial charge in [0.15, 0.2) is 0 Å². The predicted octanol–water partition coefficient (Wildman–Crippen LogP) is 4.75. The monoisotopic (exact) mass is 291 g/mol. The zero-order valence-corrected chi connectivity index (χ0v) is 12.8. The normalized spacial score (nSPS) is 12.4. The molecule has 0 saturated heterocycles. The molecular weight excluding hydrogens is 274 g/mol. The van der Waals surface area contributed by atoms with Gasteiger partial charge < -0.3 is 5.73 Å². The zero-order valence-electron chi connectivity index (χ0n) is 11.2. The van der Waals surface area contributed by atoms with Gasteiger partial charge in [-0.15, -0.1) is 11.8 Å². The Morgan fingerprint density at radius 1 is 1.16 bits per heavy atom. The van der Waals surface area contributed by atoms with E-state index in [-0.39, 0.29) is 5.25 Å². The molecule has 2 aromatic rings. The molecule has 1 atom stereocenters. The molecule has 2 rings (SSSR count). The second-order valence-corrected chi connectivity index (χ2v) is 6.28. The lowest BCUT2D eigenvalue weighted by Crippen LogP contribution is -2.10. The van der Waals surface area contributed by atoms with Crippen LogP contribution in [0.5, 0.6) is 0 Å². The summed E-state index contributed by atoms with van der Waals surface area (Å²) in [5.74, 6) is 0. The second-order valence-electron chi connectivity index (χ2n) is 4.63. The summed E-state index contributed by atoms with van der Waals surface area (Å²) in [6, 6.07) is 14.4. The Morgan fingerprint density at radius 2 is 1.89 bits per heavy atom. The number of nitrogens with two attached hydrogens (primary N) is 1. The van der Waals surface area contributed by atoms with E-state index in [4.69, 9.17) is 17.3 Å². The van der Waals surface area contributed by atoms with Gasteiger partial charge in [0.1, 0.15) is 0 Å². The van der Waals surface area contributed by atoms with Crippen molar-refractivity contribution in [2.45, 2.75) is 24.0 Å². The lowest BCUT2D eigenvalue weighted by Gasteiger charge is -2.18. The number of rotatable bonds is 4. The fraction of sp³-hybridized carbons (Fsp3) is 0.250.